The average Bonchev–Trinajstić information content (AvgIpc) is 3.22. The third-order valence-corrected chi connectivity index (χ3v) is 7.96. The van der Waals surface area contributed by atoms with Crippen LogP contribution in [0.1, 0.15) is 11.8 Å². The molecule has 1 saturated heterocycles. The van der Waals surface area contributed by atoms with Crippen LogP contribution in [0.15, 0.2) is 29.4 Å². The highest BCUT2D eigenvalue weighted by Gasteiger charge is 2.72. The van der Waals surface area contributed by atoms with Crippen LogP contribution in [0.4, 0.5) is 37.3 Å². The molecule has 2 aromatic rings. The van der Waals surface area contributed by atoms with Gasteiger partial charge in [-0.15, -0.1) is 5.92 Å². The zero-order chi connectivity index (χ0) is 25.5. The molecule has 1 fully saturated rings. The van der Waals surface area contributed by atoms with Crippen LogP contribution in [0, 0.1) is 11.8 Å². The molecule has 0 unspecified atom stereocenters. The predicted molar refractivity (Wildman–Crippen MR) is 110 cm³/mol. The Kier molecular flexibility index (Phi) is 6.79. The summed E-state index contributed by atoms with van der Waals surface area (Å²) < 4.78 is 106. The number of aliphatic hydroxyl groups is 1. The van der Waals surface area contributed by atoms with Crippen molar-refractivity contribution in [2.24, 2.45) is 0 Å². The van der Waals surface area contributed by atoms with Gasteiger partial charge in [-0.1, -0.05) is 17.3 Å². The van der Waals surface area contributed by atoms with Crippen molar-refractivity contribution in [3.63, 3.8) is 0 Å². The fourth-order valence-electron chi connectivity index (χ4n) is 3.19. The van der Waals surface area contributed by atoms with E-state index in [2.05, 4.69) is 21.8 Å². The van der Waals surface area contributed by atoms with E-state index in [0.717, 1.165) is 10.5 Å². The van der Waals surface area contributed by atoms with Crippen LogP contribution < -0.4 is 10.6 Å². The molecule has 0 spiro atoms. The minimum absolute atomic E-state index is 0.00158. The standard InChI is InChI=1S/C18H17F6N5O3S2/c1-2-3-11-10-28(34(31,32)12-4-5-14(25)26-8-12)6-7-29(11)15-27-9-13(33-15)16(30,17(19,20)21)18(22,23)24/h4-5,8-9,11,30H,6-7,10H2,1H3,(H2,25,26)/t11-/m0/s1. The number of nitrogens with zero attached hydrogens (tertiary/aromatic N) is 4. The maximum Gasteiger partial charge on any atom is 0.431 e. The van der Waals surface area contributed by atoms with Crippen LogP contribution >= 0.6 is 11.3 Å². The molecule has 186 valence electrons. The molecule has 3 heterocycles. The van der Waals surface area contributed by atoms with Crippen LogP contribution in [0.5, 0.6) is 0 Å². The molecule has 0 bridgehead atoms. The van der Waals surface area contributed by atoms with Crippen LogP contribution in [0.25, 0.3) is 0 Å². The van der Waals surface area contributed by atoms with Gasteiger partial charge in [0.2, 0.25) is 10.0 Å². The predicted octanol–water partition coefficient (Wildman–Crippen LogP) is 2.34. The number of piperazine rings is 1. The Balaban J connectivity index is 1.92. The number of aromatic nitrogens is 2. The number of anilines is 2. The van der Waals surface area contributed by atoms with Gasteiger partial charge in [-0.2, -0.15) is 30.6 Å². The number of halogens is 6. The molecule has 1 atom stereocenters. The second-order valence-corrected chi connectivity index (χ2v) is 10.0. The minimum atomic E-state index is -6.04. The molecular formula is C18H17F6N5O3S2. The summed E-state index contributed by atoms with van der Waals surface area (Å²) in [6.45, 7) is 0.900. The maximum absolute atomic E-state index is 13.2. The lowest BCUT2D eigenvalue weighted by Crippen LogP contribution is -2.54. The van der Waals surface area contributed by atoms with Gasteiger partial charge in [0.1, 0.15) is 16.8 Å². The highest BCUT2D eigenvalue weighted by molar-refractivity contribution is 7.89. The maximum atomic E-state index is 13.2. The molecule has 0 amide bonds. The van der Waals surface area contributed by atoms with Crippen molar-refractivity contribution >= 4 is 32.3 Å². The Morgan fingerprint density at radius 3 is 2.29 bits per heavy atom. The Bertz CT molecular complexity index is 1190. The summed E-state index contributed by atoms with van der Waals surface area (Å²) in [5.74, 6) is 5.37. The van der Waals surface area contributed by atoms with Gasteiger partial charge in [0.15, 0.2) is 5.13 Å². The normalized spacial score (nSPS) is 18.5. The molecule has 0 aromatic carbocycles. The van der Waals surface area contributed by atoms with E-state index in [1.807, 2.05) is 0 Å². The van der Waals surface area contributed by atoms with E-state index in [-0.39, 0.29) is 46.8 Å². The lowest BCUT2D eigenvalue weighted by molar-refractivity contribution is -0.375. The number of alkyl halides is 6. The number of pyridine rings is 1. The SMILES string of the molecule is CC#C[C@H]1CN(S(=O)(=O)c2ccc(N)nc2)CCN1c1ncc(C(O)(C(F)(F)F)C(F)(F)F)s1. The summed E-state index contributed by atoms with van der Waals surface area (Å²) in [5, 5.41) is 9.33. The third kappa shape index (κ3) is 4.52. The number of hydrogen-bond acceptors (Lipinski definition) is 8. The fourth-order valence-corrected chi connectivity index (χ4v) is 5.70. The van der Waals surface area contributed by atoms with Gasteiger partial charge in [0, 0.05) is 32.0 Å². The lowest BCUT2D eigenvalue weighted by Gasteiger charge is -2.38. The van der Waals surface area contributed by atoms with Crippen molar-refractivity contribution in [1.82, 2.24) is 14.3 Å². The lowest BCUT2D eigenvalue weighted by atomic mass is 10.0. The number of sulfonamides is 1. The highest BCUT2D eigenvalue weighted by Crippen LogP contribution is 2.52. The molecule has 34 heavy (non-hydrogen) atoms. The second kappa shape index (κ2) is 8.87. The summed E-state index contributed by atoms with van der Waals surface area (Å²) in [5.41, 5.74) is 0.368. The molecule has 3 N–H and O–H groups in total. The highest BCUT2D eigenvalue weighted by atomic mass is 32.2. The monoisotopic (exact) mass is 529 g/mol. The van der Waals surface area contributed by atoms with E-state index in [9.17, 15) is 39.9 Å². The Labute approximate surface area is 194 Å². The van der Waals surface area contributed by atoms with Gasteiger partial charge >= 0.3 is 12.4 Å². The third-order valence-electron chi connectivity index (χ3n) is 4.97. The van der Waals surface area contributed by atoms with E-state index in [4.69, 9.17) is 5.73 Å². The van der Waals surface area contributed by atoms with Gasteiger partial charge in [-0.25, -0.2) is 18.4 Å². The van der Waals surface area contributed by atoms with Crippen LogP contribution in [0.3, 0.4) is 0 Å². The van der Waals surface area contributed by atoms with Crippen LogP contribution in [-0.2, 0) is 15.6 Å². The number of nitrogen functional groups attached to an aromatic ring is 1. The smallest absolute Gasteiger partial charge is 0.384 e. The van der Waals surface area contributed by atoms with Crippen molar-refractivity contribution in [2.45, 2.75) is 35.8 Å². The van der Waals surface area contributed by atoms with Crippen molar-refractivity contribution in [3.05, 3.63) is 29.4 Å². The van der Waals surface area contributed by atoms with Crippen molar-refractivity contribution < 1.29 is 39.9 Å². The minimum Gasteiger partial charge on any atom is -0.384 e. The van der Waals surface area contributed by atoms with E-state index in [1.165, 1.54) is 24.0 Å². The largest absolute Gasteiger partial charge is 0.431 e. The van der Waals surface area contributed by atoms with Crippen molar-refractivity contribution in [1.29, 1.82) is 0 Å². The summed E-state index contributed by atoms with van der Waals surface area (Å²) in [4.78, 5) is 7.08. The fraction of sp³-hybridized carbons (Fsp3) is 0.444. The number of rotatable bonds is 4. The summed E-state index contributed by atoms with van der Waals surface area (Å²) in [6, 6.07) is 1.62. The molecule has 0 saturated carbocycles. The van der Waals surface area contributed by atoms with E-state index in [1.54, 1.807) is 0 Å². The van der Waals surface area contributed by atoms with Gasteiger partial charge in [0.25, 0.3) is 5.60 Å². The summed E-state index contributed by atoms with van der Waals surface area (Å²) in [6.07, 6.45) is -10.7. The van der Waals surface area contributed by atoms with Crippen LogP contribution in [0.2, 0.25) is 0 Å². The van der Waals surface area contributed by atoms with Gasteiger partial charge in [-0.05, 0) is 19.1 Å². The van der Waals surface area contributed by atoms with Gasteiger partial charge in [-0.3, -0.25) is 0 Å². The molecule has 16 heteroatoms. The molecule has 1 aliphatic rings. The van der Waals surface area contributed by atoms with Gasteiger partial charge < -0.3 is 15.7 Å². The molecule has 0 aliphatic carbocycles. The molecule has 0 radical (unpaired) electrons. The number of thiazole rings is 1. The number of hydrogen-bond donors (Lipinski definition) is 2. The molecule has 2 aromatic heterocycles. The number of nitrogens with two attached hydrogens (primary N) is 1. The Morgan fingerprint density at radius 1 is 1.12 bits per heavy atom. The zero-order valence-electron chi connectivity index (χ0n) is 17.2. The first-order chi connectivity index (χ1) is 15.6. The Hall–Kier alpha value is -2.61. The zero-order valence-corrected chi connectivity index (χ0v) is 18.9. The first-order valence-corrected chi connectivity index (χ1v) is 11.6. The first-order valence-electron chi connectivity index (χ1n) is 9.35. The van der Waals surface area contributed by atoms with E-state index < -0.39 is 38.9 Å². The van der Waals surface area contributed by atoms with Gasteiger partial charge in [0.05, 0.1) is 4.88 Å². The summed E-state index contributed by atoms with van der Waals surface area (Å²) >= 11 is 0.00158. The van der Waals surface area contributed by atoms with E-state index in [0.29, 0.717) is 6.20 Å². The topological polar surface area (TPSA) is 113 Å². The molecular weight excluding hydrogens is 512 g/mol. The van der Waals surface area contributed by atoms with E-state index >= 15 is 0 Å². The average molecular weight is 529 g/mol. The van der Waals surface area contributed by atoms with Crippen LogP contribution in [-0.4, -0.2) is 65.8 Å². The second-order valence-electron chi connectivity index (χ2n) is 7.10. The summed E-state index contributed by atoms with van der Waals surface area (Å²) in [7, 11) is -4.03. The van der Waals surface area contributed by atoms with Crippen molar-refractivity contribution in [2.75, 3.05) is 30.3 Å². The molecule has 3 rings (SSSR count). The Morgan fingerprint density at radius 2 is 1.76 bits per heavy atom. The van der Waals surface area contributed by atoms with Crippen molar-refractivity contribution in [3.8, 4) is 11.8 Å². The quantitative estimate of drug-likeness (QED) is 0.462. The first kappa shape index (κ1) is 26.0. The molecule has 1 aliphatic heterocycles. The molecule has 8 nitrogen and oxygen atoms in total.